The van der Waals surface area contributed by atoms with E-state index in [1.165, 1.54) is 29.3 Å². The lowest BCUT2D eigenvalue weighted by atomic mass is 10.2. The van der Waals surface area contributed by atoms with Gasteiger partial charge in [-0.05, 0) is 50.2 Å². The van der Waals surface area contributed by atoms with Gasteiger partial charge in [-0.2, -0.15) is 4.31 Å². The summed E-state index contributed by atoms with van der Waals surface area (Å²) >= 11 is 0. The van der Waals surface area contributed by atoms with Crippen LogP contribution in [0.25, 0.3) is 0 Å². The summed E-state index contributed by atoms with van der Waals surface area (Å²) in [6, 6.07) is 6.15. The Morgan fingerprint density at radius 3 is 2.25 bits per heavy atom. The van der Waals surface area contributed by atoms with Crippen molar-refractivity contribution in [3.05, 3.63) is 29.8 Å². The van der Waals surface area contributed by atoms with Crippen LogP contribution in [0, 0.1) is 0 Å². The first-order chi connectivity index (χ1) is 11.5. The Morgan fingerprint density at radius 2 is 1.71 bits per heavy atom. The van der Waals surface area contributed by atoms with Gasteiger partial charge in [0.2, 0.25) is 10.0 Å². The van der Waals surface area contributed by atoms with Gasteiger partial charge in [-0.15, -0.1) is 0 Å². The second-order valence-electron chi connectivity index (χ2n) is 5.92. The van der Waals surface area contributed by atoms with E-state index < -0.39 is 10.0 Å². The lowest BCUT2D eigenvalue weighted by Crippen LogP contribution is -2.33. The van der Waals surface area contributed by atoms with Crippen molar-refractivity contribution in [3.8, 4) is 0 Å². The minimum atomic E-state index is -3.48. The van der Waals surface area contributed by atoms with Crippen LogP contribution < -0.4 is 5.32 Å². The summed E-state index contributed by atoms with van der Waals surface area (Å²) in [4.78, 5) is 14.7. The SMILES string of the molecule is CCN(CC)S(=O)(=O)c1ccc(C(=O)NCCN2CCCC2)cc1. The number of carbonyl (C=O) groups is 1. The van der Waals surface area contributed by atoms with Crippen LogP contribution in [0.4, 0.5) is 0 Å². The molecule has 1 heterocycles. The van der Waals surface area contributed by atoms with Gasteiger partial charge in [-0.1, -0.05) is 13.8 Å². The fourth-order valence-electron chi connectivity index (χ4n) is 2.93. The van der Waals surface area contributed by atoms with Gasteiger partial charge >= 0.3 is 0 Å². The van der Waals surface area contributed by atoms with Crippen molar-refractivity contribution in [1.29, 1.82) is 0 Å². The van der Waals surface area contributed by atoms with E-state index in [9.17, 15) is 13.2 Å². The molecule has 134 valence electrons. The van der Waals surface area contributed by atoms with E-state index in [4.69, 9.17) is 0 Å². The fraction of sp³-hybridized carbons (Fsp3) is 0.588. The number of sulfonamides is 1. The molecule has 0 saturated carbocycles. The van der Waals surface area contributed by atoms with Crippen LogP contribution in [0.15, 0.2) is 29.2 Å². The maximum Gasteiger partial charge on any atom is 0.251 e. The third kappa shape index (κ3) is 4.55. The molecule has 2 rings (SSSR count). The monoisotopic (exact) mass is 353 g/mol. The highest BCUT2D eigenvalue weighted by Crippen LogP contribution is 2.16. The summed E-state index contributed by atoms with van der Waals surface area (Å²) in [6.45, 7) is 8.15. The standard InChI is InChI=1S/C17H27N3O3S/c1-3-20(4-2)24(22,23)16-9-7-15(8-10-16)17(21)18-11-14-19-12-5-6-13-19/h7-10H,3-6,11-14H2,1-2H3,(H,18,21). The van der Waals surface area contributed by atoms with Crippen molar-refractivity contribution in [2.75, 3.05) is 39.3 Å². The molecule has 6 nitrogen and oxygen atoms in total. The number of amides is 1. The lowest BCUT2D eigenvalue weighted by molar-refractivity contribution is 0.0949. The highest BCUT2D eigenvalue weighted by molar-refractivity contribution is 7.89. The summed E-state index contributed by atoms with van der Waals surface area (Å²) in [5, 5.41) is 2.89. The van der Waals surface area contributed by atoms with Gasteiger partial charge in [0.15, 0.2) is 0 Å². The third-order valence-corrected chi connectivity index (χ3v) is 6.44. The zero-order chi connectivity index (χ0) is 17.6. The number of hydrogen-bond acceptors (Lipinski definition) is 4. The smallest absolute Gasteiger partial charge is 0.251 e. The quantitative estimate of drug-likeness (QED) is 0.770. The Hall–Kier alpha value is -1.44. The van der Waals surface area contributed by atoms with Crippen LogP contribution >= 0.6 is 0 Å². The maximum atomic E-state index is 12.4. The number of nitrogens with zero attached hydrogens (tertiary/aromatic N) is 2. The van der Waals surface area contributed by atoms with Crippen LogP contribution in [-0.4, -0.2) is 62.8 Å². The molecule has 0 radical (unpaired) electrons. The molecule has 1 aliphatic rings. The number of rotatable bonds is 8. The summed E-state index contributed by atoms with van der Waals surface area (Å²) in [5.74, 6) is -0.166. The molecule has 1 aliphatic heterocycles. The van der Waals surface area contributed by atoms with Gasteiger partial charge in [0.25, 0.3) is 5.91 Å². The van der Waals surface area contributed by atoms with E-state index in [1.807, 2.05) is 13.8 Å². The van der Waals surface area contributed by atoms with Gasteiger partial charge in [0.1, 0.15) is 0 Å². The van der Waals surface area contributed by atoms with Crippen molar-refractivity contribution < 1.29 is 13.2 Å². The van der Waals surface area contributed by atoms with Crippen molar-refractivity contribution in [2.45, 2.75) is 31.6 Å². The molecule has 1 amide bonds. The molecule has 1 aromatic rings. The number of benzene rings is 1. The van der Waals surface area contributed by atoms with Gasteiger partial charge < -0.3 is 10.2 Å². The summed E-state index contributed by atoms with van der Waals surface area (Å²) < 4.78 is 26.2. The van der Waals surface area contributed by atoms with E-state index in [1.54, 1.807) is 12.1 Å². The second kappa shape index (κ2) is 8.60. The van der Waals surface area contributed by atoms with Crippen molar-refractivity contribution in [3.63, 3.8) is 0 Å². The van der Waals surface area contributed by atoms with Gasteiger partial charge in [0.05, 0.1) is 4.90 Å². The molecule has 1 N–H and O–H groups in total. The summed E-state index contributed by atoms with van der Waals surface area (Å²) in [6.07, 6.45) is 2.47. The number of nitrogens with one attached hydrogen (secondary N) is 1. The fourth-order valence-corrected chi connectivity index (χ4v) is 4.38. The summed E-state index contributed by atoms with van der Waals surface area (Å²) in [7, 11) is -3.48. The first-order valence-electron chi connectivity index (χ1n) is 8.59. The Kier molecular flexibility index (Phi) is 6.77. The molecule has 0 atom stereocenters. The normalized spacial score (nSPS) is 15.8. The molecule has 0 spiro atoms. The highest BCUT2D eigenvalue weighted by atomic mass is 32.2. The molecule has 0 aromatic heterocycles. The maximum absolute atomic E-state index is 12.4. The molecule has 1 aromatic carbocycles. The largest absolute Gasteiger partial charge is 0.351 e. The highest BCUT2D eigenvalue weighted by Gasteiger charge is 2.21. The van der Waals surface area contributed by atoms with Crippen LogP contribution in [0.2, 0.25) is 0 Å². The average Bonchev–Trinajstić information content (AvgIpc) is 3.09. The third-order valence-electron chi connectivity index (χ3n) is 4.37. The zero-order valence-corrected chi connectivity index (χ0v) is 15.3. The molecule has 0 unspecified atom stereocenters. The van der Waals surface area contributed by atoms with Crippen LogP contribution in [0.3, 0.4) is 0 Å². The molecule has 0 aliphatic carbocycles. The van der Waals surface area contributed by atoms with Crippen molar-refractivity contribution >= 4 is 15.9 Å². The molecule has 24 heavy (non-hydrogen) atoms. The summed E-state index contributed by atoms with van der Waals surface area (Å²) in [5.41, 5.74) is 0.481. The van der Waals surface area contributed by atoms with Gasteiger partial charge in [-0.25, -0.2) is 8.42 Å². The minimum Gasteiger partial charge on any atom is -0.351 e. The Morgan fingerprint density at radius 1 is 1.12 bits per heavy atom. The van der Waals surface area contributed by atoms with Crippen LogP contribution in [0.5, 0.6) is 0 Å². The first kappa shape index (κ1) is 18.9. The molecular formula is C17H27N3O3S. The minimum absolute atomic E-state index is 0.166. The predicted molar refractivity (Wildman–Crippen MR) is 94.6 cm³/mol. The lowest BCUT2D eigenvalue weighted by Gasteiger charge is -2.18. The van der Waals surface area contributed by atoms with Gasteiger partial charge in [-0.3, -0.25) is 4.79 Å². The van der Waals surface area contributed by atoms with E-state index in [0.29, 0.717) is 25.2 Å². The topological polar surface area (TPSA) is 69.7 Å². The molecule has 1 fully saturated rings. The van der Waals surface area contributed by atoms with Crippen LogP contribution in [0.1, 0.15) is 37.0 Å². The Labute approximate surface area is 144 Å². The van der Waals surface area contributed by atoms with Crippen LogP contribution in [-0.2, 0) is 10.0 Å². The molecule has 0 bridgehead atoms. The van der Waals surface area contributed by atoms with Crippen molar-refractivity contribution in [1.82, 2.24) is 14.5 Å². The van der Waals surface area contributed by atoms with Gasteiger partial charge in [0, 0.05) is 31.7 Å². The molecule has 7 heteroatoms. The van der Waals surface area contributed by atoms with E-state index in [-0.39, 0.29) is 10.8 Å². The molecular weight excluding hydrogens is 326 g/mol. The predicted octanol–water partition coefficient (Wildman–Crippen LogP) is 1.54. The molecule has 1 saturated heterocycles. The Bertz CT molecular complexity index is 634. The first-order valence-corrected chi connectivity index (χ1v) is 10.0. The van der Waals surface area contributed by atoms with E-state index in [0.717, 1.165) is 19.6 Å². The second-order valence-corrected chi connectivity index (χ2v) is 7.86. The van der Waals surface area contributed by atoms with E-state index in [2.05, 4.69) is 10.2 Å². The van der Waals surface area contributed by atoms with E-state index >= 15 is 0 Å². The number of likely N-dealkylation sites (tertiary alicyclic amines) is 1. The zero-order valence-electron chi connectivity index (χ0n) is 14.5. The number of carbonyl (C=O) groups excluding carboxylic acids is 1. The van der Waals surface area contributed by atoms with Crippen molar-refractivity contribution in [2.24, 2.45) is 0 Å². The Balaban J connectivity index is 1.94. The number of hydrogen-bond donors (Lipinski definition) is 1. The average molecular weight is 353 g/mol.